The van der Waals surface area contributed by atoms with Gasteiger partial charge in [-0.2, -0.15) is 0 Å². The smallest absolute Gasteiger partial charge is 0.119 e. The third-order valence-corrected chi connectivity index (χ3v) is 1.89. The molecular formula is C11H12O. The highest BCUT2D eigenvalue weighted by Gasteiger charge is 2.07. The van der Waals surface area contributed by atoms with Crippen molar-refractivity contribution in [3.8, 4) is 18.1 Å². The molecule has 1 N–H and O–H groups in total. The maximum absolute atomic E-state index is 9.44. The number of aromatic hydroxyl groups is 1. The Morgan fingerprint density at radius 2 is 2.17 bits per heavy atom. The van der Waals surface area contributed by atoms with Gasteiger partial charge in [0.1, 0.15) is 5.75 Å². The van der Waals surface area contributed by atoms with E-state index in [1.165, 1.54) is 0 Å². The summed E-state index contributed by atoms with van der Waals surface area (Å²) in [6.45, 7) is 2.01. The number of para-hydroxylation sites is 1. The second kappa shape index (κ2) is 3.82. The molecule has 0 bridgehead atoms. The first-order valence-corrected chi connectivity index (χ1v) is 3.97. The van der Waals surface area contributed by atoms with Crippen LogP contribution in [0.1, 0.15) is 24.8 Å². The second-order valence-corrected chi connectivity index (χ2v) is 2.87. The van der Waals surface area contributed by atoms with E-state index < -0.39 is 0 Å². The van der Waals surface area contributed by atoms with E-state index >= 15 is 0 Å². The molecule has 0 saturated heterocycles. The molecule has 1 rings (SSSR count). The number of rotatable bonds is 2. The zero-order chi connectivity index (χ0) is 8.97. The summed E-state index contributed by atoms with van der Waals surface area (Å²) < 4.78 is 0. The Morgan fingerprint density at radius 1 is 1.50 bits per heavy atom. The molecule has 0 aliphatic carbocycles. The third kappa shape index (κ3) is 1.79. The van der Waals surface area contributed by atoms with Gasteiger partial charge in [0, 0.05) is 6.42 Å². The molecule has 1 unspecified atom stereocenters. The zero-order valence-electron chi connectivity index (χ0n) is 7.12. The molecule has 1 nitrogen and oxygen atoms in total. The normalized spacial score (nSPS) is 12.0. The number of phenolic OH excluding ortho intramolecular Hbond substituents is 1. The lowest BCUT2D eigenvalue weighted by Crippen LogP contribution is -1.91. The van der Waals surface area contributed by atoms with E-state index in [2.05, 4.69) is 5.92 Å². The second-order valence-electron chi connectivity index (χ2n) is 2.87. The van der Waals surface area contributed by atoms with E-state index in [1.54, 1.807) is 12.1 Å². The highest BCUT2D eigenvalue weighted by Crippen LogP contribution is 2.26. The topological polar surface area (TPSA) is 20.2 Å². The molecule has 0 saturated carbocycles. The lowest BCUT2D eigenvalue weighted by Gasteiger charge is -2.09. The van der Waals surface area contributed by atoms with Crippen LogP contribution < -0.4 is 0 Å². The fraction of sp³-hybridized carbons (Fsp3) is 0.273. The molecule has 0 radical (unpaired) electrons. The molecule has 0 amide bonds. The van der Waals surface area contributed by atoms with Gasteiger partial charge in [0.25, 0.3) is 0 Å². The minimum atomic E-state index is 0.233. The number of phenols is 1. The van der Waals surface area contributed by atoms with Crippen molar-refractivity contribution in [2.75, 3.05) is 0 Å². The molecular weight excluding hydrogens is 148 g/mol. The van der Waals surface area contributed by atoms with E-state index in [0.717, 1.165) is 5.56 Å². The molecule has 12 heavy (non-hydrogen) atoms. The number of hydrogen-bond acceptors (Lipinski definition) is 1. The van der Waals surface area contributed by atoms with Gasteiger partial charge in [-0.15, -0.1) is 12.3 Å². The summed E-state index contributed by atoms with van der Waals surface area (Å²) in [7, 11) is 0. The molecule has 0 spiro atoms. The quantitative estimate of drug-likeness (QED) is 0.659. The van der Waals surface area contributed by atoms with E-state index in [0.29, 0.717) is 12.2 Å². The van der Waals surface area contributed by atoms with Crippen molar-refractivity contribution in [1.82, 2.24) is 0 Å². The zero-order valence-corrected chi connectivity index (χ0v) is 7.12. The van der Waals surface area contributed by atoms with Gasteiger partial charge in [-0.05, 0) is 17.5 Å². The van der Waals surface area contributed by atoms with Gasteiger partial charge < -0.3 is 5.11 Å². The van der Waals surface area contributed by atoms with Crippen LogP contribution in [0.5, 0.6) is 5.75 Å². The highest BCUT2D eigenvalue weighted by molar-refractivity contribution is 5.34. The largest absolute Gasteiger partial charge is 0.508 e. The van der Waals surface area contributed by atoms with Gasteiger partial charge in [0.15, 0.2) is 0 Å². The van der Waals surface area contributed by atoms with Crippen molar-refractivity contribution in [1.29, 1.82) is 0 Å². The molecule has 1 atom stereocenters. The monoisotopic (exact) mass is 160 g/mol. The lowest BCUT2D eigenvalue weighted by atomic mass is 9.97. The average molecular weight is 160 g/mol. The Hall–Kier alpha value is -1.42. The van der Waals surface area contributed by atoms with Crippen LogP contribution in [0.3, 0.4) is 0 Å². The third-order valence-electron chi connectivity index (χ3n) is 1.89. The summed E-state index contributed by atoms with van der Waals surface area (Å²) in [4.78, 5) is 0. The van der Waals surface area contributed by atoms with Crippen molar-refractivity contribution >= 4 is 0 Å². The molecule has 0 aromatic heterocycles. The first kappa shape index (κ1) is 8.67. The summed E-state index contributed by atoms with van der Waals surface area (Å²) in [5, 5.41) is 9.44. The van der Waals surface area contributed by atoms with E-state index in [4.69, 9.17) is 6.42 Å². The predicted molar refractivity (Wildman–Crippen MR) is 50.0 cm³/mol. The molecule has 1 aromatic rings. The molecule has 0 aliphatic rings. The van der Waals surface area contributed by atoms with Gasteiger partial charge in [-0.1, -0.05) is 25.1 Å². The molecule has 0 fully saturated rings. The minimum Gasteiger partial charge on any atom is -0.508 e. The van der Waals surface area contributed by atoms with E-state index in [-0.39, 0.29) is 5.92 Å². The van der Waals surface area contributed by atoms with Crippen LogP contribution in [0, 0.1) is 12.3 Å². The minimum absolute atomic E-state index is 0.233. The van der Waals surface area contributed by atoms with Crippen molar-refractivity contribution in [2.24, 2.45) is 0 Å². The van der Waals surface area contributed by atoms with E-state index in [1.807, 2.05) is 19.1 Å². The Kier molecular flexibility index (Phi) is 2.76. The van der Waals surface area contributed by atoms with Crippen molar-refractivity contribution in [3.63, 3.8) is 0 Å². The SMILES string of the molecule is C#CCC(C)c1ccccc1O. The van der Waals surface area contributed by atoms with Gasteiger partial charge in [0.05, 0.1) is 0 Å². The van der Waals surface area contributed by atoms with Crippen LogP contribution in [-0.2, 0) is 0 Å². The molecule has 0 heterocycles. The maximum atomic E-state index is 9.44. The first-order valence-electron chi connectivity index (χ1n) is 3.97. The van der Waals surface area contributed by atoms with Crippen molar-refractivity contribution in [2.45, 2.75) is 19.3 Å². The Bertz CT molecular complexity index is 296. The number of benzene rings is 1. The van der Waals surface area contributed by atoms with Crippen LogP contribution in [-0.4, -0.2) is 5.11 Å². The maximum Gasteiger partial charge on any atom is 0.119 e. The number of terminal acetylenes is 1. The molecule has 62 valence electrons. The summed E-state index contributed by atoms with van der Waals surface area (Å²) in [6.07, 6.45) is 5.85. The van der Waals surface area contributed by atoms with Crippen LogP contribution in [0.15, 0.2) is 24.3 Å². The summed E-state index contributed by atoms with van der Waals surface area (Å²) >= 11 is 0. The van der Waals surface area contributed by atoms with Gasteiger partial charge in [0.2, 0.25) is 0 Å². The van der Waals surface area contributed by atoms with Gasteiger partial charge in [-0.3, -0.25) is 0 Å². The van der Waals surface area contributed by atoms with Crippen molar-refractivity contribution < 1.29 is 5.11 Å². The first-order chi connectivity index (χ1) is 5.75. The Balaban J connectivity index is 2.88. The fourth-order valence-electron chi connectivity index (χ4n) is 1.19. The number of hydrogen-bond donors (Lipinski definition) is 1. The lowest BCUT2D eigenvalue weighted by molar-refractivity contribution is 0.463. The summed E-state index contributed by atoms with van der Waals surface area (Å²) in [5.74, 6) is 3.15. The average Bonchev–Trinajstić information content (AvgIpc) is 2.05. The van der Waals surface area contributed by atoms with Crippen LogP contribution >= 0.6 is 0 Å². The van der Waals surface area contributed by atoms with Gasteiger partial charge in [-0.25, -0.2) is 0 Å². The van der Waals surface area contributed by atoms with Crippen LogP contribution in [0.4, 0.5) is 0 Å². The summed E-state index contributed by atoms with van der Waals surface area (Å²) in [5.41, 5.74) is 0.926. The fourth-order valence-corrected chi connectivity index (χ4v) is 1.19. The molecule has 1 aromatic carbocycles. The Labute approximate surface area is 73.0 Å². The highest BCUT2D eigenvalue weighted by atomic mass is 16.3. The van der Waals surface area contributed by atoms with Crippen LogP contribution in [0.25, 0.3) is 0 Å². The predicted octanol–water partition coefficient (Wildman–Crippen LogP) is 2.52. The van der Waals surface area contributed by atoms with E-state index in [9.17, 15) is 5.11 Å². The Morgan fingerprint density at radius 3 is 2.75 bits per heavy atom. The standard InChI is InChI=1S/C11H12O/c1-3-6-9(2)10-7-4-5-8-11(10)12/h1,4-5,7-9,12H,6H2,2H3. The van der Waals surface area contributed by atoms with Crippen molar-refractivity contribution in [3.05, 3.63) is 29.8 Å². The molecule has 0 aliphatic heterocycles. The van der Waals surface area contributed by atoms with Gasteiger partial charge >= 0.3 is 0 Å². The van der Waals surface area contributed by atoms with Crippen LogP contribution in [0.2, 0.25) is 0 Å². The molecule has 1 heteroatoms. The summed E-state index contributed by atoms with van der Waals surface area (Å²) in [6, 6.07) is 7.29.